The van der Waals surface area contributed by atoms with Gasteiger partial charge in [0.15, 0.2) is 11.5 Å². The molecule has 2 N–H and O–H groups in total. The first-order valence-electron chi connectivity index (χ1n) is 7.00. The summed E-state index contributed by atoms with van der Waals surface area (Å²) in [7, 11) is 0. The minimum absolute atomic E-state index is 0.279. The second kappa shape index (κ2) is 6.98. The van der Waals surface area contributed by atoms with Gasteiger partial charge in [0.05, 0.1) is 10.0 Å². The molecule has 24 heavy (non-hydrogen) atoms. The zero-order chi connectivity index (χ0) is 17.1. The summed E-state index contributed by atoms with van der Waals surface area (Å²) < 4.78 is 10.8. The molecule has 0 spiro atoms. The number of carbonyl (C=O) groups excluding carboxylic acids is 2. The predicted molar refractivity (Wildman–Crippen MR) is 91.2 cm³/mol. The molecule has 0 fully saturated rings. The lowest BCUT2D eigenvalue weighted by Gasteiger charge is -2.18. The van der Waals surface area contributed by atoms with E-state index in [4.69, 9.17) is 32.7 Å². The van der Waals surface area contributed by atoms with E-state index in [-0.39, 0.29) is 5.02 Å². The third-order valence-corrected chi connectivity index (χ3v) is 3.92. The molecular weight excluding hydrogens is 355 g/mol. The van der Waals surface area contributed by atoms with Crippen molar-refractivity contribution in [2.75, 3.05) is 23.8 Å². The number of rotatable bonds is 2. The van der Waals surface area contributed by atoms with Crippen molar-refractivity contribution in [1.82, 2.24) is 0 Å². The molecule has 6 nitrogen and oxygen atoms in total. The summed E-state index contributed by atoms with van der Waals surface area (Å²) in [6.07, 6.45) is 0. The summed E-state index contributed by atoms with van der Waals surface area (Å²) in [5, 5.41) is 5.57. The Morgan fingerprint density at radius 3 is 2.04 bits per heavy atom. The van der Waals surface area contributed by atoms with Crippen LogP contribution in [0, 0.1) is 0 Å². The van der Waals surface area contributed by atoms with Gasteiger partial charge in [-0.25, -0.2) is 0 Å². The summed E-state index contributed by atoms with van der Waals surface area (Å²) in [6, 6.07) is 9.42. The van der Waals surface area contributed by atoms with Gasteiger partial charge in [-0.3, -0.25) is 9.59 Å². The quantitative estimate of drug-likeness (QED) is 0.799. The fraction of sp³-hybridized carbons (Fsp3) is 0.125. The summed E-state index contributed by atoms with van der Waals surface area (Å²) in [5.74, 6) is -0.538. The van der Waals surface area contributed by atoms with Crippen molar-refractivity contribution in [3.8, 4) is 11.5 Å². The van der Waals surface area contributed by atoms with Crippen molar-refractivity contribution in [3.63, 3.8) is 0 Å². The second-order valence-corrected chi connectivity index (χ2v) is 5.71. The van der Waals surface area contributed by atoms with E-state index in [9.17, 15) is 9.59 Å². The van der Waals surface area contributed by atoms with Crippen LogP contribution < -0.4 is 20.1 Å². The molecule has 0 radical (unpaired) electrons. The first-order valence-corrected chi connectivity index (χ1v) is 7.75. The summed E-state index contributed by atoms with van der Waals surface area (Å²) in [4.78, 5) is 23.9. The topological polar surface area (TPSA) is 76.7 Å². The molecule has 0 unspecified atom stereocenters. The number of ether oxygens (including phenoxy) is 2. The fourth-order valence-corrected chi connectivity index (χ4v) is 2.37. The Bertz CT molecular complexity index is 811. The Morgan fingerprint density at radius 1 is 0.792 bits per heavy atom. The smallest absolute Gasteiger partial charge is 0.314 e. The van der Waals surface area contributed by atoms with E-state index in [1.807, 2.05) is 0 Å². The van der Waals surface area contributed by atoms with Gasteiger partial charge in [0.2, 0.25) is 0 Å². The normalized spacial score (nSPS) is 12.4. The largest absolute Gasteiger partial charge is 0.486 e. The fourth-order valence-electron chi connectivity index (χ4n) is 2.07. The van der Waals surface area contributed by atoms with Crippen LogP contribution >= 0.6 is 23.2 Å². The number of nitrogens with one attached hydrogen (secondary N) is 2. The lowest BCUT2D eigenvalue weighted by Crippen LogP contribution is -2.29. The van der Waals surface area contributed by atoms with E-state index < -0.39 is 11.8 Å². The van der Waals surface area contributed by atoms with Gasteiger partial charge in [0.25, 0.3) is 0 Å². The molecule has 0 atom stereocenters. The maximum absolute atomic E-state index is 12.0. The molecule has 1 heterocycles. The van der Waals surface area contributed by atoms with Gasteiger partial charge in [0, 0.05) is 17.4 Å². The Labute approximate surface area is 147 Å². The number of amides is 2. The van der Waals surface area contributed by atoms with Gasteiger partial charge in [-0.15, -0.1) is 0 Å². The van der Waals surface area contributed by atoms with Crippen molar-refractivity contribution >= 4 is 46.4 Å². The third kappa shape index (κ3) is 3.72. The van der Waals surface area contributed by atoms with Crippen LogP contribution in [0.1, 0.15) is 0 Å². The van der Waals surface area contributed by atoms with Crippen LogP contribution in [0.25, 0.3) is 0 Å². The highest BCUT2D eigenvalue weighted by Gasteiger charge is 2.17. The van der Waals surface area contributed by atoms with E-state index >= 15 is 0 Å². The van der Waals surface area contributed by atoms with Crippen LogP contribution in [0.15, 0.2) is 36.4 Å². The monoisotopic (exact) mass is 366 g/mol. The Balaban J connectivity index is 1.65. The molecule has 0 saturated carbocycles. The molecule has 2 aromatic carbocycles. The van der Waals surface area contributed by atoms with Crippen molar-refractivity contribution in [2.45, 2.75) is 0 Å². The number of fused-ring (bicyclic) bond motifs is 1. The zero-order valence-corrected chi connectivity index (χ0v) is 13.8. The molecule has 0 aromatic heterocycles. The number of halogens is 2. The van der Waals surface area contributed by atoms with Gasteiger partial charge >= 0.3 is 11.8 Å². The van der Waals surface area contributed by atoms with Gasteiger partial charge in [0.1, 0.15) is 13.2 Å². The summed E-state index contributed by atoms with van der Waals surface area (Å²) in [5.41, 5.74) is 0.792. The second-order valence-electron chi connectivity index (χ2n) is 4.90. The van der Waals surface area contributed by atoms with Crippen LogP contribution in [0.3, 0.4) is 0 Å². The van der Waals surface area contributed by atoms with Crippen molar-refractivity contribution in [2.24, 2.45) is 0 Å². The Kier molecular flexibility index (Phi) is 4.78. The lowest BCUT2D eigenvalue weighted by atomic mass is 10.2. The highest BCUT2D eigenvalue weighted by atomic mass is 35.5. The van der Waals surface area contributed by atoms with E-state index in [2.05, 4.69) is 10.6 Å². The van der Waals surface area contributed by atoms with Gasteiger partial charge in [-0.1, -0.05) is 23.2 Å². The van der Waals surface area contributed by atoms with Crippen molar-refractivity contribution < 1.29 is 19.1 Å². The van der Waals surface area contributed by atoms with Crippen LogP contribution in [-0.4, -0.2) is 25.0 Å². The SMILES string of the molecule is O=C(Nc1ccc(Cl)c(Cl)c1)C(=O)Nc1ccc2c(c1)OCCO2. The first kappa shape index (κ1) is 16.4. The first-order chi connectivity index (χ1) is 11.5. The van der Waals surface area contributed by atoms with E-state index in [1.165, 1.54) is 12.1 Å². The predicted octanol–water partition coefficient (Wildman–Crippen LogP) is 3.34. The van der Waals surface area contributed by atoms with Crippen LogP contribution in [0.2, 0.25) is 10.0 Å². The van der Waals surface area contributed by atoms with Gasteiger partial charge in [-0.05, 0) is 30.3 Å². The molecule has 2 amide bonds. The molecule has 1 aliphatic rings. The maximum Gasteiger partial charge on any atom is 0.314 e. The molecular formula is C16H12Cl2N2O4. The highest BCUT2D eigenvalue weighted by Crippen LogP contribution is 2.32. The average molecular weight is 367 g/mol. The van der Waals surface area contributed by atoms with Crippen LogP contribution in [-0.2, 0) is 9.59 Å². The number of carbonyl (C=O) groups is 2. The van der Waals surface area contributed by atoms with Crippen molar-refractivity contribution in [1.29, 1.82) is 0 Å². The number of hydrogen-bond acceptors (Lipinski definition) is 4. The van der Waals surface area contributed by atoms with E-state index in [1.54, 1.807) is 24.3 Å². The molecule has 3 rings (SSSR count). The average Bonchev–Trinajstić information content (AvgIpc) is 2.58. The number of anilines is 2. The number of benzene rings is 2. The molecule has 0 aliphatic carbocycles. The molecule has 1 aliphatic heterocycles. The zero-order valence-electron chi connectivity index (χ0n) is 12.3. The Morgan fingerprint density at radius 2 is 1.38 bits per heavy atom. The maximum atomic E-state index is 12.0. The lowest BCUT2D eigenvalue weighted by molar-refractivity contribution is -0.133. The van der Waals surface area contributed by atoms with Gasteiger partial charge < -0.3 is 20.1 Å². The summed E-state index contributed by atoms with van der Waals surface area (Å²) in [6.45, 7) is 0.910. The van der Waals surface area contributed by atoms with E-state index in [0.29, 0.717) is 41.1 Å². The third-order valence-electron chi connectivity index (χ3n) is 3.18. The molecule has 2 aromatic rings. The van der Waals surface area contributed by atoms with E-state index in [0.717, 1.165) is 0 Å². The minimum atomic E-state index is -0.830. The summed E-state index contributed by atoms with van der Waals surface area (Å²) >= 11 is 11.7. The molecule has 0 saturated heterocycles. The molecule has 124 valence electrons. The Hall–Kier alpha value is -2.44. The minimum Gasteiger partial charge on any atom is -0.486 e. The standard InChI is InChI=1S/C16H12Cl2N2O4/c17-11-3-1-9(7-12(11)18)19-15(21)16(22)20-10-2-4-13-14(8-10)24-6-5-23-13/h1-4,7-8H,5-6H2,(H,19,21)(H,20,22). The van der Waals surface area contributed by atoms with Crippen LogP contribution in [0.5, 0.6) is 11.5 Å². The molecule has 8 heteroatoms. The van der Waals surface area contributed by atoms with Crippen LogP contribution in [0.4, 0.5) is 11.4 Å². The molecule has 0 bridgehead atoms. The van der Waals surface area contributed by atoms with Crippen molar-refractivity contribution in [3.05, 3.63) is 46.4 Å². The van der Waals surface area contributed by atoms with Gasteiger partial charge in [-0.2, -0.15) is 0 Å². The highest BCUT2D eigenvalue weighted by molar-refractivity contribution is 6.44. The number of hydrogen-bond donors (Lipinski definition) is 2.